The van der Waals surface area contributed by atoms with Gasteiger partial charge >= 0.3 is 0 Å². The topological polar surface area (TPSA) is 78.5 Å². The van der Waals surface area contributed by atoms with Gasteiger partial charge in [0.05, 0.1) is 4.88 Å². The highest BCUT2D eigenvalue weighted by Crippen LogP contribution is 2.11. The summed E-state index contributed by atoms with van der Waals surface area (Å²) in [5, 5.41) is 7.40. The molecule has 25 heavy (non-hydrogen) atoms. The van der Waals surface area contributed by atoms with E-state index in [-0.39, 0.29) is 23.6 Å². The molecule has 1 unspecified atom stereocenters. The third kappa shape index (κ3) is 5.85. The van der Waals surface area contributed by atoms with Crippen LogP contribution >= 0.6 is 11.3 Å². The number of carbonyl (C=O) groups excluding carboxylic acids is 3. The lowest BCUT2D eigenvalue weighted by molar-refractivity contribution is -0.132. The number of amides is 3. The Morgan fingerprint density at radius 3 is 2.52 bits per heavy atom. The Morgan fingerprint density at radius 2 is 1.92 bits per heavy atom. The molecule has 0 saturated carbocycles. The molecule has 6 nitrogen and oxygen atoms in total. The highest BCUT2D eigenvalue weighted by molar-refractivity contribution is 7.12. The third-order valence-electron chi connectivity index (χ3n) is 4.33. The highest BCUT2D eigenvalue weighted by Gasteiger charge is 2.25. The first-order valence-corrected chi connectivity index (χ1v) is 9.77. The van der Waals surface area contributed by atoms with Crippen LogP contribution in [-0.2, 0) is 9.59 Å². The van der Waals surface area contributed by atoms with Gasteiger partial charge in [-0.2, -0.15) is 0 Å². The lowest BCUT2D eigenvalue weighted by atomic mass is 10.0. The van der Waals surface area contributed by atoms with Crippen LogP contribution in [0.15, 0.2) is 17.5 Å². The number of hydrogen-bond acceptors (Lipinski definition) is 4. The van der Waals surface area contributed by atoms with Crippen molar-refractivity contribution >= 4 is 29.1 Å². The molecule has 2 N–H and O–H groups in total. The van der Waals surface area contributed by atoms with E-state index in [1.807, 2.05) is 24.1 Å². The maximum absolute atomic E-state index is 12.4. The van der Waals surface area contributed by atoms with Gasteiger partial charge in [-0.1, -0.05) is 19.9 Å². The molecule has 2 rings (SSSR count). The van der Waals surface area contributed by atoms with Crippen molar-refractivity contribution in [1.29, 1.82) is 0 Å². The molecule has 2 heterocycles. The number of hydrogen-bond donors (Lipinski definition) is 2. The molecule has 138 valence electrons. The molecule has 7 heteroatoms. The van der Waals surface area contributed by atoms with E-state index >= 15 is 0 Å². The lowest BCUT2D eigenvalue weighted by Crippen LogP contribution is -2.50. The van der Waals surface area contributed by atoms with Crippen LogP contribution in [0.4, 0.5) is 0 Å². The first-order chi connectivity index (χ1) is 12.0. The van der Waals surface area contributed by atoms with E-state index in [1.54, 1.807) is 12.1 Å². The van der Waals surface area contributed by atoms with Crippen molar-refractivity contribution in [2.24, 2.45) is 5.92 Å². The lowest BCUT2D eigenvalue weighted by Gasteiger charge is -2.27. The van der Waals surface area contributed by atoms with E-state index < -0.39 is 6.04 Å². The monoisotopic (exact) mass is 365 g/mol. The fraction of sp³-hybridized carbons (Fsp3) is 0.611. The van der Waals surface area contributed by atoms with E-state index in [1.165, 1.54) is 17.8 Å². The fourth-order valence-electron chi connectivity index (χ4n) is 2.86. The summed E-state index contributed by atoms with van der Waals surface area (Å²) in [7, 11) is 0. The van der Waals surface area contributed by atoms with Crippen LogP contribution in [0.25, 0.3) is 0 Å². The highest BCUT2D eigenvalue weighted by atomic mass is 32.1. The van der Waals surface area contributed by atoms with E-state index in [2.05, 4.69) is 10.6 Å². The molecule has 1 saturated heterocycles. The fourth-order valence-corrected chi connectivity index (χ4v) is 3.49. The smallest absolute Gasteiger partial charge is 0.262 e. The minimum atomic E-state index is -0.611. The summed E-state index contributed by atoms with van der Waals surface area (Å²) in [6.45, 7) is 5.71. The van der Waals surface area contributed by atoms with Gasteiger partial charge in [0.25, 0.3) is 5.91 Å². The minimum absolute atomic E-state index is 0.0401. The standard InChI is InChI=1S/C18H27N3O3S/c1-13(2)16(20-17(23)14-7-6-12-25-14)18(24)19-9-8-15(22)21-10-4-3-5-11-21/h6-7,12-13,16H,3-5,8-11H2,1-2H3,(H,19,24)(H,20,23). The summed E-state index contributed by atoms with van der Waals surface area (Å²) in [4.78, 5) is 39.1. The van der Waals surface area contributed by atoms with Crippen molar-refractivity contribution in [1.82, 2.24) is 15.5 Å². The maximum Gasteiger partial charge on any atom is 0.262 e. The van der Waals surface area contributed by atoms with Crippen molar-refractivity contribution in [2.45, 2.75) is 45.6 Å². The largest absolute Gasteiger partial charge is 0.354 e. The van der Waals surface area contributed by atoms with Crippen molar-refractivity contribution in [3.05, 3.63) is 22.4 Å². The summed E-state index contributed by atoms with van der Waals surface area (Å²) >= 11 is 1.34. The van der Waals surface area contributed by atoms with Crippen molar-refractivity contribution in [3.63, 3.8) is 0 Å². The van der Waals surface area contributed by atoms with Crippen LogP contribution in [0.1, 0.15) is 49.2 Å². The number of piperidine rings is 1. The van der Waals surface area contributed by atoms with Gasteiger partial charge in [-0.25, -0.2) is 0 Å². The summed E-state index contributed by atoms with van der Waals surface area (Å²) in [5.41, 5.74) is 0. The zero-order chi connectivity index (χ0) is 18.2. The van der Waals surface area contributed by atoms with Crippen LogP contribution in [0, 0.1) is 5.92 Å². The summed E-state index contributed by atoms with van der Waals surface area (Å²) < 4.78 is 0. The molecule has 1 atom stereocenters. The Bertz CT molecular complexity index is 580. The Labute approximate surface area is 153 Å². The first kappa shape index (κ1) is 19.4. The van der Waals surface area contributed by atoms with E-state index in [0.29, 0.717) is 17.8 Å². The number of rotatable bonds is 7. The van der Waals surface area contributed by atoms with Gasteiger partial charge in [0.2, 0.25) is 11.8 Å². The number of thiophene rings is 1. The van der Waals surface area contributed by atoms with E-state index in [9.17, 15) is 14.4 Å². The molecular weight excluding hydrogens is 338 g/mol. The Kier molecular flexibility index (Phi) is 7.43. The van der Waals surface area contributed by atoms with Crippen molar-refractivity contribution < 1.29 is 14.4 Å². The summed E-state index contributed by atoms with van der Waals surface area (Å²) in [5.74, 6) is -0.440. The van der Waals surface area contributed by atoms with Crippen molar-refractivity contribution in [2.75, 3.05) is 19.6 Å². The summed E-state index contributed by atoms with van der Waals surface area (Å²) in [6.07, 6.45) is 3.60. The molecule has 3 amide bonds. The Balaban J connectivity index is 1.79. The first-order valence-electron chi connectivity index (χ1n) is 8.89. The van der Waals surface area contributed by atoms with Gasteiger partial charge in [0.15, 0.2) is 0 Å². The molecule has 1 aliphatic heterocycles. The molecule has 1 fully saturated rings. The second kappa shape index (κ2) is 9.56. The molecule has 1 aromatic rings. The predicted octanol–water partition coefficient (Wildman–Crippen LogP) is 2.02. The maximum atomic E-state index is 12.4. The second-order valence-corrected chi connectivity index (χ2v) is 7.60. The molecule has 0 radical (unpaired) electrons. The molecular formula is C18H27N3O3S. The van der Waals surface area contributed by atoms with Crippen LogP contribution < -0.4 is 10.6 Å². The van der Waals surface area contributed by atoms with E-state index in [0.717, 1.165) is 25.9 Å². The SMILES string of the molecule is CC(C)C(NC(=O)c1cccs1)C(=O)NCCC(=O)N1CCCCC1. The van der Waals surface area contributed by atoms with Crippen LogP contribution in [0.2, 0.25) is 0 Å². The Morgan fingerprint density at radius 1 is 1.20 bits per heavy atom. The van der Waals surface area contributed by atoms with E-state index in [4.69, 9.17) is 0 Å². The van der Waals surface area contributed by atoms with Crippen LogP contribution in [0.3, 0.4) is 0 Å². The quantitative estimate of drug-likeness (QED) is 0.776. The number of nitrogens with zero attached hydrogens (tertiary/aromatic N) is 1. The summed E-state index contributed by atoms with van der Waals surface area (Å²) in [6, 6.07) is 2.92. The normalized spacial score (nSPS) is 15.7. The number of carbonyl (C=O) groups is 3. The van der Waals surface area contributed by atoms with Gasteiger partial charge in [0, 0.05) is 26.1 Å². The molecule has 0 spiro atoms. The molecule has 0 aliphatic carbocycles. The van der Waals surface area contributed by atoms with Gasteiger partial charge in [-0.15, -0.1) is 11.3 Å². The Hall–Kier alpha value is -1.89. The van der Waals surface area contributed by atoms with Crippen LogP contribution in [0.5, 0.6) is 0 Å². The molecule has 1 aromatic heterocycles. The molecule has 0 bridgehead atoms. The minimum Gasteiger partial charge on any atom is -0.354 e. The van der Waals surface area contributed by atoms with Gasteiger partial charge < -0.3 is 15.5 Å². The zero-order valence-corrected chi connectivity index (χ0v) is 15.7. The second-order valence-electron chi connectivity index (χ2n) is 6.65. The van der Waals surface area contributed by atoms with Crippen molar-refractivity contribution in [3.8, 4) is 0 Å². The predicted molar refractivity (Wildman–Crippen MR) is 98.5 cm³/mol. The average molecular weight is 365 g/mol. The number of nitrogens with one attached hydrogen (secondary N) is 2. The van der Waals surface area contributed by atoms with Gasteiger partial charge in [-0.3, -0.25) is 14.4 Å². The zero-order valence-electron chi connectivity index (χ0n) is 14.9. The van der Waals surface area contributed by atoms with Crippen LogP contribution in [-0.4, -0.2) is 48.3 Å². The third-order valence-corrected chi connectivity index (χ3v) is 5.20. The number of likely N-dealkylation sites (tertiary alicyclic amines) is 1. The average Bonchev–Trinajstić information content (AvgIpc) is 3.14. The molecule has 0 aromatic carbocycles. The molecule has 1 aliphatic rings. The van der Waals surface area contributed by atoms with Gasteiger partial charge in [-0.05, 0) is 36.6 Å². The van der Waals surface area contributed by atoms with Gasteiger partial charge in [0.1, 0.15) is 6.04 Å².